The molecule has 33 heavy (non-hydrogen) atoms. The van der Waals surface area contributed by atoms with E-state index >= 15 is 0 Å². The second-order valence-corrected chi connectivity index (χ2v) is 11.6. The van der Waals surface area contributed by atoms with Gasteiger partial charge in [-0.15, -0.1) is 10.2 Å². The highest BCUT2D eigenvalue weighted by atomic mass is 32.1. The van der Waals surface area contributed by atoms with Crippen molar-refractivity contribution in [2.45, 2.75) is 70.6 Å². The smallest absolute Gasteiger partial charge is 0.253 e. The monoisotopic (exact) mass is 466 g/mol. The van der Waals surface area contributed by atoms with Gasteiger partial charge in [0.25, 0.3) is 5.56 Å². The van der Waals surface area contributed by atoms with Gasteiger partial charge in [0.15, 0.2) is 0 Å². The molecule has 0 saturated heterocycles. The molecule has 3 aromatic rings. The minimum absolute atomic E-state index is 0.134. The minimum Gasteiger partial charge on any atom is -0.307 e. The second-order valence-electron chi connectivity index (χ2n) is 10.6. The lowest BCUT2D eigenvalue weighted by atomic mass is 9.50. The molecule has 0 atom stereocenters. The fraction of sp³-hybridized carbons (Fsp3) is 0.625. The Morgan fingerprint density at radius 2 is 1.82 bits per heavy atom. The molecule has 8 nitrogen and oxygen atoms in total. The summed E-state index contributed by atoms with van der Waals surface area (Å²) in [4.78, 5) is 28.3. The van der Waals surface area contributed by atoms with E-state index in [1.54, 1.807) is 16.0 Å². The van der Waals surface area contributed by atoms with E-state index in [0.717, 1.165) is 39.4 Å². The molecule has 4 bridgehead atoms. The normalized spacial score (nSPS) is 28.0. The van der Waals surface area contributed by atoms with Gasteiger partial charge in [-0.25, -0.2) is 0 Å². The Balaban J connectivity index is 1.15. The van der Waals surface area contributed by atoms with E-state index in [9.17, 15) is 9.59 Å². The molecule has 1 amide bonds. The number of aryl methyl sites for hydroxylation is 3. The molecule has 0 aliphatic heterocycles. The van der Waals surface area contributed by atoms with Crippen LogP contribution in [0, 0.1) is 31.6 Å². The molecule has 4 aliphatic rings. The van der Waals surface area contributed by atoms with Crippen LogP contribution in [0.3, 0.4) is 0 Å². The summed E-state index contributed by atoms with van der Waals surface area (Å²) in [6.07, 6.45) is 8.48. The Hall–Kier alpha value is -2.55. The van der Waals surface area contributed by atoms with Crippen molar-refractivity contribution in [2.24, 2.45) is 24.8 Å². The number of rotatable bonds is 5. The first-order valence-electron chi connectivity index (χ1n) is 12.0. The molecule has 9 heteroatoms. The van der Waals surface area contributed by atoms with Crippen molar-refractivity contribution >= 4 is 33.4 Å². The van der Waals surface area contributed by atoms with Crippen molar-refractivity contribution in [1.29, 1.82) is 0 Å². The van der Waals surface area contributed by atoms with Gasteiger partial charge in [0.1, 0.15) is 10.7 Å². The number of hydrogen-bond acceptors (Lipinski definition) is 6. The van der Waals surface area contributed by atoms with E-state index in [2.05, 4.69) is 25.6 Å². The average molecular weight is 467 g/mol. The summed E-state index contributed by atoms with van der Waals surface area (Å²) in [7, 11) is 1.82. The summed E-state index contributed by atoms with van der Waals surface area (Å²) >= 11 is 1.55. The molecule has 0 spiro atoms. The minimum atomic E-state index is -0.157. The van der Waals surface area contributed by atoms with Crippen LogP contribution < -0.4 is 10.9 Å². The predicted molar refractivity (Wildman–Crippen MR) is 128 cm³/mol. The van der Waals surface area contributed by atoms with Gasteiger partial charge in [-0.1, -0.05) is 11.3 Å². The van der Waals surface area contributed by atoms with Gasteiger partial charge in [-0.2, -0.15) is 5.10 Å². The van der Waals surface area contributed by atoms with Crippen LogP contribution in [-0.2, 0) is 23.7 Å². The Bertz CT molecular complexity index is 1280. The number of carbonyl (C=O) groups excluding carboxylic acids is 1. The van der Waals surface area contributed by atoms with E-state index in [0.29, 0.717) is 22.8 Å². The van der Waals surface area contributed by atoms with Gasteiger partial charge < -0.3 is 10.3 Å². The summed E-state index contributed by atoms with van der Waals surface area (Å²) in [6.45, 7) is 3.86. The van der Waals surface area contributed by atoms with Gasteiger partial charge in [0.05, 0.1) is 5.69 Å². The molecule has 0 unspecified atom stereocenters. The number of anilines is 1. The molecule has 3 heterocycles. The number of fused-ring (bicyclic) bond motifs is 1. The molecule has 2 N–H and O–H groups in total. The summed E-state index contributed by atoms with van der Waals surface area (Å²) < 4.78 is 1.69. The Morgan fingerprint density at radius 3 is 2.48 bits per heavy atom. The fourth-order valence-electron chi connectivity index (χ4n) is 7.34. The lowest BCUT2D eigenvalue weighted by Gasteiger charge is -2.55. The van der Waals surface area contributed by atoms with Crippen LogP contribution in [0.2, 0.25) is 0 Å². The highest BCUT2D eigenvalue weighted by Crippen LogP contribution is 2.61. The first-order valence-corrected chi connectivity index (χ1v) is 12.8. The molecule has 174 valence electrons. The first kappa shape index (κ1) is 21.0. The van der Waals surface area contributed by atoms with Crippen LogP contribution in [0.15, 0.2) is 4.79 Å². The van der Waals surface area contributed by atoms with Crippen molar-refractivity contribution in [1.82, 2.24) is 25.0 Å². The molecule has 7 rings (SSSR count). The van der Waals surface area contributed by atoms with Crippen LogP contribution in [0.4, 0.5) is 5.13 Å². The van der Waals surface area contributed by atoms with Crippen molar-refractivity contribution in [3.8, 4) is 0 Å². The maximum Gasteiger partial charge on any atom is 0.253 e. The lowest BCUT2D eigenvalue weighted by molar-refractivity contribution is -0.116. The van der Waals surface area contributed by atoms with Gasteiger partial charge in [0.2, 0.25) is 11.0 Å². The molecular formula is C24H30N6O2S. The zero-order valence-electron chi connectivity index (χ0n) is 19.4. The van der Waals surface area contributed by atoms with E-state index in [4.69, 9.17) is 0 Å². The summed E-state index contributed by atoms with van der Waals surface area (Å²) in [5, 5.41) is 18.8. The van der Waals surface area contributed by atoms with E-state index in [1.165, 1.54) is 38.5 Å². The standard InChI is InChI=1S/C24H30N6O2S/c1-12-17(21(32)26-20-19(12)13(2)29-30(20)3)4-5-18(31)25-23-28-27-22(33-23)24-9-14-6-15(10-24)8-16(7-14)11-24/h14-16H,4-11H2,1-3H3,(H,26,32)(H,25,28,31). The van der Waals surface area contributed by atoms with Crippen LogP contribution in [-0.4, -0.2) is 30.9 Å². The Labute approximate surface area is 196 Å². The van der Waals surface area contributed by atoms with Gasteiger partial charge in [-0.05, 0) is 82.1 Å². The van der Waals surface area contributed by atoms with Gasteiger partial charge in [-0.3, -0.25) is 14.3 Å². The zero-order valence-corrected chi connectivity index (χ0v) is 20.2. The number of nitrogens with zero attached hydrogens (tertiary/aromatic N) is 4. The summed E-state index contributed by atoms with van der Waals surface area (Å²) in [5.41, 5.74) is 3.16. The van der Waals surface area contributed by atoms with Crippen molar-refractivity contribution in [3.63, 3.8) is 0 Å². The van der Waals surface area contributed by atoms with Crippen LogP contribution in [0.1, 0.15) is 66.8 Å². The molecule has 4 fully saturated rings. The first-order chi connectivity index (χ1) is 15.8. The highest BCUT2D eigenvalue weighted by Gasteiger charge is 2.53. The maximum atomic E-state index is 12.7. The second kappa shape index (κ2) is 7.48. The zero-order chi connectivity index (χ0) is 22.9. The number of hydrogen-bond donors (Lipinski definition) is 2. The van der Waals surface area contributed by atoms with Crippen LogP contribution in [0.5, 0.6) is 0 Å². The van der Waals surface area contributed by atoms with E-state index in [1.807, 2.05) is 20.9 Å². The average Bonchev–Trinajstić information content (AvgIpc) is 3.31. The summed E-state index contributed by atoms with van der Waals surface area (Å²) in [5.74, 6) is 2.41. The third-order valence-corrected chi connectivity index (χ3v) is 9.41. The topological polar surface area (TPSA) is 106 Å². The highest BCUT2D eigenvalue weighted by molar-refractivity contribution is 7.15. The van der Waals surface area contributed by atoms with Gasteiger partial charge >= 0.3 is 0 Å². The number of pyridine rings is 1. The molecule has 0 aromatic carbocycles. The largest absolute Gasteiger partial charge is 0.307 e. The van der Waals surface area contributed by atoms with Crippen molar-refractivity contribution < 1.29 is 4.79 Å². The SMILES string of the molecule is Cc1nn(C)c2[nH]c(=O)c(CCC(=O)Nc3nnc(C45CC6CC(CC(C6)C4)C5)s3)c(C)c12. The number of nitrogens with one attached hydrogen (secondary N) is 2. The third kappa shape index (κ3) is 3.43. The quantitative estimate of drug-likeness (QED) is 0.595. The Kier molecular flexibility index (Phi) is 4.76. The number of amides is 1. The predicted octanol–water partition coefficient (Wildman–Crippen LogP) is 3.77. The number of aromatic amines is 1. The van der Waals surface area contributed by atoms with Crippen molar-refractivity contribution in [3.05, 3.63) is 32.2 Å². The molecule has 4 saturated carbocycles. The molecule has 4 aliphatic carbocycles. The fourth-order valence-corrected chi connectivity index (χ4v) is 8.31. The van der Waals surface area contributed by atoms with Crippen LogP contribution in [0.25, 0.3) is 11.0 Å². The molecule has 3 aromatic heterocycles. The maximum absolute atomic E-state index is 12.7. The third-order valence-electron chi connectivity index (χ3n) is 8.32. The van der Waals surface area contributed by atoms with Crippen molar-refractivity contribution in [2.75, 3.05) is 5.32 Å². The van der Waals surface area contributed by atoms with E-state index < -0.39 is 0 Å². The summed E-state index contributed by atoms with van der Waals surface area (Å²) in [6, 6.07) is 0. The lowest BCUT2D eigenvalue weighted by Crippen LogP contribution is -2.48. The number of H-pyrrole nitrogens is 1. The van der Waals surface area contributed by atoms with Gasteiger partial charge in [0, 0.05) is 29.8 Å². The number of carbonyl (C=O) groups is 1. The molecule has 0 radical (unpaired) electrons. The van der Waals surface area contributed by atoms with E-state index in [-0.39, 0.29) is 23.3 Å². The molecular weight excluding hydrogens is 436 g/mol. The van der Waals surface area contributed by atoms with Crippen LogP contribution >= 0.6 is 11.3 Å². The Morgan fingerprint density at radius 1 is 1.15 bits per heavy atom. The number of aromatic nitrogens is 5.